The Bertz CT molecular complexity index is 872. The molecule has 5 heteroatoms. The highest BCUT2D eigenvalue weighted by molar-refractivity contribution is 6.30. The molecule has 2 aliphatic heterocycles. The normalized spacial score (nSPS) is 17.9. The van der Waals surface area contributed by atoms with Crippen LogP contribution in [0, 0.1) is 5.41 Å². The minimum atomic E-state index is -0.536. The molecule has 4 nitrogen and oxygen atoms in total. The number of hydrogen-bond acceptors (Lipinski definition) is 2. The van der Waals surface area contributed by atoms with Crippen LogP contribution >= 0.6 is 11.6 Å². The number of benzene rings is 2. The molecule has 2 amide bonds. The Balaban J connectivity index is 1.56. The first-order valence-electron chi connectivity index (χ1n) is 9.33. The number of hydrogen-bond donors (Lipinski definition) is 0. The van der Waals surface area contributed by atoms with Crippen molar-refractivity contribution >= 4 is 23.4 Å². The fraction of sp³-hybridized carbons (Fsp3) is 0.364. The van der Waals surface area contributed by atoms with Crippen LogP contribution in [0.25, 0.3) is 0 Å². The van der Waals surface area contributed by atoms with E-state index >= 15 is 0 Å². The van der Waals surface area contributed by atoms with Gasteiger partial charge in [-0.05, 0) is 41.7 Å². The third-order valence-corrected chi connectivity index (χ3v) is 6.01. The summed E-state index contributed by atoms with van der Waals surface area (Å²) in [5, 5.41) is 0.686. The standard InChI is InChI=1S/C22H23ClN2O2/c1-16(26)25-14-22(15-25,12-17-6-8-20(23)9-7-17)21(27)24-11-10-18-4-2-3-5-19(18)13-24/h2-9H,10-15H2,1H3. The molecule has 0 unspecified atom stereocenters. The molecule has 4 rings (SSSR count). The average Bonchev–Trinajstić information content (AvgIpc) is 2.64. The maximum atomic E-state index is 13.5. The van der Waals surface area contributed by atoms with Gasteiger partial charge in [0, 0.05) is 38.1 Å². The number of rotatable bonds is 3. The van der Waals surface area contributed by atoms with Gasteiger partial charge in [0.2, 0.25) is 11.8 Å². The van der Waals surface area contributed by atoms with Crippen LogP contribution in [0.15, 0.2) is 48.5 Å². The topological polar surface area (TPSA) is 40.6 Å². The molecule has 0 bridgehead atoms. The lowest BCUT2D eigenvalue weighted by Crippen LogP contribution is -2.66. The van der Waals surface area contributed by atoms with Crippen molar-refractivity contribution in [1.29, 1.82) is 0 Å². The van der Waals surface area contributed by atoms with Gasteiger partial charge in [0.05, 0.1) is 5.41 Å². The second-order valence-electron chi connectivity index (χ2n) is 7.70. The van der Waals surface area contributed by atoms with E-state index in [1.165, 1.54) is 11.1 Å². The predicted octanol–water partition coefficient (Wildman–Crippen LogP) is 3.32. The maximum absolute atomic E-state index is 13.5. The van der Waals surface area contributed by atoms with Crippen LogP contribution in [0.2, 0.25) is 5.02 Å². The van der Waals surface area contributed by atoms with E-state index in [-0.39, 0.29) is 11.8 Å². The first kappa shape index (κ1) is 18.1. The molecule has 0 aliphatic carbocycles. The molecule has 27 heavy (non-hydrogen) atoms. The summed E-state index contributed by atoms with van der Waals surface area (Å²) < 4.78 is 0. The van der Waals surface area contributed by atoms with Crippen LogP contribution in [-0.4, -0.2) is 41.2 Å². The van der Waals surface area contributed by atoms with Crippen LogP contribution in [0.4, 0.5) is 0 Å². The summed E-state index contributed by atoms with van der Waals surface area (Å²) in [6.45, 7) is 3.92. The first-order valence-corrected chi connectivity index (χ1v) is 9.71. The summed E-state index contributed by atoms with van der Waals surface area (Å²) in [7, 11) is 0. The molecule has 1 saturated heterocycles. The lowest BCUT2D eigenvalue weighted by atomic mass is 9.73. The van der Waals surface area contributed by atoms with Crippen LogP contribution in [0.1, 0.15) is 23.6 Å². The number of nitrogens with zero attached hydrogens (tertiary/aromatic N) is 2. The minimum absolute atomic E-state index is 0.0264. The van der Waals surface area contributed by atoms with Crippen LogP contribution in [0.3, 0.4) is 0 Å². The Kier molecular flexibility index (Phi) is 4.68. The first-order chi connectivity index (χ1) is 13.0. The fourth-order valence-electron chi connectivity index (χ4n) is 4.23. The molecule has 1 fully saturated rings. The largest absolute Gasteiger partial charge is 0.341 e. The molecule has 2 aliphatic rings. The van der Waals surface area contributed by atoms with E-state index in [1.807, 2.05) is 35.2 Å². The average molecular weight is 383 g/mol. The number of likely N-dealkylation sites (tertiary alicyclic amines) is 1. The summed E-state index contributed by atoms with van der Waals surface area (Å²) in [5.74, 6) is 0.183. The van der Waals surface area contributed by atoms with Crippen molar-refractivity contribution in [1.82, 2.24) is 9.80 Å². The highest BCUT2D eigenvalue weighted by atomic mass is 35.5. The zero-order valence-electron chi connectivity index (χ0n) is 15.5. The number of fused-ring (bicyclic) bond motifs is 1. The van der Waals surface area contributed by atoms with E-state index in [0.717, 1.165) is 18.5 Å². The Morgan fingerprint density at radius 3 is 2.33 bits per heavy atom. The highest BCUT2D eigenvalue weighted by Crippen LogP contribution is 2.38. The van der Waals surface area contributed by atoms with Crippen molar-refractivity contribution < 1.29 is 9.59 Å². The molecule has 2 heterocycles. The van der Waals surface area contributed by atoms with Crippen molar-refractivity contribution in [2.75, 3.05) is 19.6 Å². The highest BCUT2D eigenvalue weighted by Gasteiger charge is 2.52. The Morgan fingerprint density at radius 1 is 1.00 bits per heavy atom. The van der Waals surface area contributed by atoms with Crippen LogP contribution in [0.5, 0.6) is 0 Å². The summed E-state index contributed by atoms with van der Waals surface area (Å²) in [4.78, 5) is 29.0. The van der Waals surface area contributed by atoms with E-state index < -0.39 is 5.41 Å². The number of amides is 2. The fourth-order valence-corrected chi connectivity index (χ4v) is 4.35. The molecular formula is C22H23ClN2O2. The number of halogens is 1. The monoisotopic (exact) mass is 382 g/mol. The van der Waals surface area contributed by atoms with Gasteiger partial charge in [-0.2, -0.15) is 0 Å². The van der Waals surface area contributed by atoms with Crippen molar-refractivity contribution in [3.05, 3.63) is 70.2 Å². The SMILES string of the molecule is CC(=O)N1CC(Cc2ccc(Cl)cc2)(C(=O)N2CCc3ccccc3C2)C1. The minimum Gasteiger partial charge on any atom is -0.341 e. The molecule has 0 atom stereocenters. The zero-order valence-corrected chi connectivity index (χ0v) is 16.2. The summed E-state index contributed by atoms with van der Waals surface area (Å²) in [5.41, 5.74) is 3.09. The third-order valence-electron chi connectivity index (χ3n) is 5.76. The molecule has 0 radical (unpaired) electrons. The molecule has 2 aromatic rings. The van der Waals surface area contributed by atoms with Gasteiger partial charge in [-0.3, -0.25) is 9.59 Å². The molecule has 0 spiro atoms. The quantitative estimate of drug-likeness (QED) is 0.817. The van der Waals surface area contributed by atoms with Gasteiger partial charge in [0.15, 0.2) is 0 Å². The molecule has 0 N–H and O–H groups in total. The summed E-state index contributed by atoms with van der Waals surface area (Å²) in [6, 6.07) is 16.0. The maximum Gasteiger partial charge on any atom is 0.233 e. The van der Waals surface area contributed by atoms with E-state index in [4.69, 9.17) is 11.6 Å². The second kappa shape index (κ2) is 7.01. The second-order valence-corrected chi connectivity index (χ2v) is 8.14. The van der Waals surface area contributed by atoms with Crippen molar-refractivity contribution in [3.63, 3.8) is 0 Å². The van der Waals surface area contributed by atoms with E-state index in [1.54, 1.807) is 11.8 Å². The van der Waals surface area contributed by atoms with Crippen LogP contribution < -0.4 is 0 Å². The van der Waals surface area contributed by atoms with Gasteiger partial charge in [0.25, 0.3) is 0 Å². The molecule has 0 saturated carbocycles. The van der Waals surface area contributed by atoms with Crippen molar-refractivity contribution in [3.8, 4) is 0 Å². The van der Waals surface area contributed by atoms with E-state index in [2.05, 4.69) is 18.2 Å². The van der Waals surface area contributed by atoms with Gasteiger partial charge in [-0.1, -0.05) is 48.0 Å². The smallest absolute Gasteiger partial charge is 0.233 e. The van der Waals surface area contributed by atoms with Gasteiger partial charge >= 0.3 is 0 Å². The van der Waals surface area contributed by atoms with Crippen molar-refractivity contribution in [2.45, 2.75) is 26.3 Å². The van der Waals surface area contributed by atoms with Gasteiger partial charge in [0.1, 0.15) is 0 Å². The van der Waals surface area contributed by atoms with E-state index in [0.29, 0.717) is 31.1 Å². The predicted molar refractivity (Wildman–Crippen MR) is 105 cm³/mol. The molecule has 2 aromatic carbocycles. The Labute approximate surface area is 164 Å². The third kappa shape index (κ3) is 3.46. The molecule has 140 valence electrons. The number of carbonyl (C=O) groups is 2. The van der Waals surface area contributed by atoms with Gasteiger partial charge < -0.3 is 9.80 Å². The molecule has 0 aromatic heterocycles. The Morgan fingerprint density at radius 2 is 1.67 bits per heavy atom. The van der Waals surface area contributed by atoms with Gasteiger partial charge in [-0.15, -0.1) is 0 Å². The lowest BCUT2D eigenvalue weighted by molar-refractivity contribution is -0.160. The van der Waals surface area contributed by atoms with E-state index in [9.17, 15) is 9.59 Å². The Hall–Kier alpha value is -2.33. The number of carbonyl (C=O) groups excluding carboxylic acids is 2. The summed E-state index contributed by atoms with van der Waals surface area (Å²) in [6.07, 6.45) is 1.51. The lowest BCUT2D eigenvalue weighted by Gasteiger charge is -2.51. The van der Waals surface area contributed by atoms with Gasteiger partial charge in [-0.25, -0.2) is 0 Å². The van der Waals surface area contributed by atoms with Crippen molar-refractivity contribution in [2.24, 2.45) is 5.41 Å². The van der Waals surface area contributed by atoms with Crippen LogP contribution in [-0.2, 0) is 29.0 Å². The summed E-state index contributed by atoms with van der Waals surface area (Å²) >= 11 is 6.00. The zero-order chi connectivity index (χ0) is 19.0. The molecular weight excluding hydrogens is 360 g/mol.